The van der Waals surface area contributed by atoms with Gasteiger partial charge in [-0.1, -0.05) is 30.3 Å². The van der Waals surface area contributed by atoms with Crippen molar-refractivity contribution in [3.8, 4) is 0 Å². The first-order valence-corrected chi connectivity index (χ1v) is 11.5. The molecule has 2 aromatic rings. The van der Waals surface area contributed by atoms with E-state index in [0.717, 1.165) is 64.5 Å². The number of hydrogen-bond donors (Lipinski definition) is 1. The van der Waals surface area contributed by atoms with Crippen LogP contribution >= 0.6 is 0 Å². The lowest BCUT2D eigenvalue weighted by Crippen LogP contribution is -2.52. The third-order valence-electron chi connectivity index (χ3n) is 6.43. The molecule has 0 saturated carbocycles. The summed E-state index contributed by atoms with van der Waals surface area (Å²) in [6.07, 6.45) is 3.50. The molecular weight excluding hydrogens is 391 g/mol. The fourth-order valence-electron chi connectivity index (χ4n) is 4.66. The first-order chi connectivity index (χ1) is 15.2. The van der Waals surface area contributed by atoms with Crippen molar-refractivity contribution in [1.29, 1.82) is 0 Å². The van der Waals surface area contributed by atoms with Gasteiger partial charge in [0.1, 0.15) is 5.82 Å². The quantitative estimate of drug-likeness (QED) is 0.764. The summed E-state index contributed by atoms with van der Waals surface area (Å²) in [5.74, 6) is 0.520. The molecule has 2 saturated heterocycles. The van der Waals surface area contributed by atoms with Crippen molar-refractivity contribution in [3.05, 3.63) is 66.0 Å². The predicted octanol–water partition coefficient (Wildman–Crippen LogP) is 3.93. The fourth-order valence-corrected chi connectivity index (χ4v) is 4.66. The van der Waals surface area contributed by atoms with Gasteiger partial charge in [0.25, 0.3) is 0 Å². The molecule has 4 rings (SSSR count). The van der Waals surface area contributed by atoms with Crippen molar-refractivity contribution >= 4 is 11.7 Å². The maximum Gasteiger partial charge on any atom is 0.321 e. The number of nitrogens with zero attached hydrogens (tertiary/aromatic N) is 3. The number of para-hydroxylation sites is 1. The summed E-state index contributed by atoms with van der Waals surface area (Å²) >= 11 is 0. The average Bonchev–Trinajstić information content (AvgIpc) is 2.80. The van der Waals surface area contributed by atoms with Crippen molar-refractivity contribution < 1.29 is 9.18 Å². The van der Waals surface area contributed by atoms with Crippen LogP contribution in [0.2, 0.25) is 0 Å². The minimum Gasteiger partial charge on any atom is -0.322 e. The van der Waals surface area contributed by atoms with Gasteiger partial charge in [0.15, 0.2) is 0 Å². The van der Waals surface area contributed by atoms with E-state index in [9.17, 15) is 9.18 Å². The highest BCUT2D eigenvalue weighted by Crippen LogP contribution is 2.19. The third kappa shape index (κ3) is 6.52. The van der Waals surface area contributed by atoms with Gasteiger partial charge in [0.2, 0.25) is 0 Å². The summed E-state index contributed by atoms with van der Waals surface area (Å²) < 4.78 is 13.1. The highest BCUT2D eigenvalue weighted by Gasteiger charge is 2.26. The minimum atomic E-state index is -0.167. The molecule has 0 aliphatic carbocycles. The molecule has 1 atom stereocenters. The zero-order valence-corrected chi connectivity index (χ0v) is 18.2. The van der Waals surface area contributed by atoms with Crippen LogP contribution in [0.15, 0.2) is 54.6 Å². The van der Waals surface area contributed by atoms with Crippen LogP contribution in [0.1, 0.15) is 18.4 Å². The van der Waals surface area contributed by atoms with Gasteiger partial charge in [-0.15, -0.1) is 0 Å². The van der Waals surface area contributed by atoms with Gasteiger partial charge >= 0.3 is 6.03 Å². The largest absolute Gasteiger partial charge is 0.322 e. The predicted molar refractivity (Wildman–Crippen MR) is 123 cm³/mol. The number of carbonyl (C=O) groups excluding carboxylic acids is 1. The second-order valence-electron chi connectivity index (χ2n) is 8.77. The maximum atomic E-state index is 13.1. The minimum absolute atomic E-state index is 0.00418. The zero-order valence-electron chi connectivity index (χ0n) is 18.2. The molecule has 6 heteroatoms. The smallest absolute Gasteiger partial charge is 0.321 e. The summed E-state index contributed by atoms with van der Waals surface area (Å²) in [5.41, 5.74) is 2.05. The molecule has 2 amide bonds. The summed E-state index contributed by atoms with van der Waals surface area (Å²) in [6.45, 7) is 7.87. The third-order valence-corrected chi connectivity index (χ3v) is 6.43. The van der Waals surface area contributed by atoms with Gasteiger partial charge in [0, 0.05) is 51.5 Å². The first kappa shape index (κ1) is 21.8. The van der Waals surface area contributed by atoms with Crippen LogP contribution in [0.25, 0.3) is 0 Å². The van der Waals surface area contributed by atoms with E-state index in [1.165, 1.54) is 18.4 Å². The van der Waals surface area contributed by atoms with E-state index in [0.29, 0.717) is 5.92 Å². The van der Waals surface area contributed by atoms with Gasteiger partial charge in [-0.2, -0.15) is 0 Å². The van der Waals surface area contributed by atoms with Crippen LogP contribution in [0.5, 0.6) is 0 Å². The maximum absolute atomic E-state index is 13.1. The zero-order chi connectivity index (χ0) is 21.5. The summed E-state index contributed by atoms with van der Waals surface area (Å²) in [4.78, 5) is 19.5. The molecular formula is C25H33FN4O. The average molecular weight is 425 g/mol. The Kier molecular flexibility index (Phi) is 7.54. The van der Waals surface area contributed by atoms with Crippen molar-refractivity contribution in [2.24, 2.45) is 5.92 Å². The molecule has 0 aromatic heterocycles. The van der Waals surface area contributed by atoms with Crippen LogP contribution < -0.4 is 5.32 Å². The number of urea groups is 1. The number of rotatable bonds is 6. The summed E-state index contributed by atoms with van der Waals surface area (Å²) in [5, 5.41) is 2.99. The molecule has 5 nitrogen and oxygen atoms in total. The Morgan fingerprint density at radius 1 is 0.935 bits per heavy atom. The molecule has 31 heavy (non-hydrogen) atoms. The van der Waals surface area contributed by atoms with E-state index in [2.05, 4.69) is 15.1 Å². The Morgan fingerprint density at radius 3 is 2.42 bits per heavy atom. The van der Waals surface area contributed by atoms with Crippen molar-refractivity contribution in [2.75, 3.05) is 57.7 Å². The van der Waals surface area contributed by atoms with Crippen LogP contribution in [0.4, 0.5) is 14.9 Å². The Morgan fingerprint density at radius 2 is 1.68 bits per heavy atom. The van der Waals surface area contributed by atoms with E-state index in [1.54, 1.807) is 12.1 Å². The number of carbonyl (C=O) groups is 1. The molecule has 2 aromatic carbocycles. The topological polar surface area (TPSA) is 38.8 Å². The lowest BCUT2D eigenvalue weighted by Gasteiger charge is -2.39. The van der Waals surface area contributed by atoms with E-state index >= 15 is 0 Å². The number of benzene rings is 2. The molecule has 2 fully saturated rings. The van der Waals surface area contributed by atoms with Gasteiger partial charge in [0.05, 0.1) is 0 Å². The molecule has 0 spiro atoms. The normalized spacial score (nSPS) is 20.5. The van der Waals surface area contributed by atoms with Crippen LogP contribution in [0.3, 0.4) is 0 Å². The molecule has 0 radical (unpaired) electrons. The van der Waals surface area contributed by atoms with Crippen molar-refractivity contribution in [2.45, 2.75) is 19.3 Å². The monoisotopic (exact) mass is 424 g/mol. The number of nitrogens with one attached hydrogen (secondary N) is 1. The second kappa shape index (κ2) is 10.7. The number of likely N-dealkylation sites (tertiary alicyclic amines) is 1. The number of hydrogen-bond acceptors (Lipinski definition) is 3. The second-order valence-corrected chi connectivity index (χ2v) is 8.77. The number of piperazine rings is 1. The fraction of sp³-hybridized carbons (Fsp3) is 0.480. The Balaban J connectivity index is 1.17. The molecule has 2 heterocycles. The molecule has 2 aliphatic heterocycles. The Bertz CT molecular complexity index is 821. The Labute approximate surface area is 184 Å². The molecule has 0 unspecified atom stereocenters. The van der Waals surface area contributed by atoms with Crippen molar-refractivity contribution in [3.63, 3.8) is 0 Å². The van der Waals surface area contributed by atoms with Crippen LogP contribution in [0, 0.1) is 11.7 Å². The van der Waals surface area contributed by atoms with Gasteiger partial charge in [-0.25, -0.2) is 9.18 Å². The number of amides is 2. The Hall–Kier alpha value is -2.44. The number of halogens is 1. The highest BCUT2D eigenvalue weighted by molar-refractivity contribution is 5.89. The lowest BCUT2D eigenvalue weighted by molar-refractivity contribution is 0.101. The van der Waals surface area contributed by atoms with Gasteiger partial charge in [-0.05, 0) is 61.6 Å². The van der Waals surface area contributed by atoms with Crippen LogP contribution in [-0.4, -0.2) is 73.1 Å². The van der Waals surface area contributed by atoms with Crippen molar-refractivity contribution in [1.82, 2.24) is 14.7 Å². The summed E-state index contributed by atoms with van der Waals surface area (Å²) in [6, 6.07) is 16.5. The summed E-state index contributed by atoms with van der Waals surface area (Å²) in [7, 11) is 0. The van der Waals surface area contributed by atoms with E-state index in [4.69, 9.17) is 0 Å². The molecule has 2 aliphatic rings. The SMILES string of the molecule is O=C(Nc1ccccc1)N1CCN(C[C@@H]2CCCN(CCc3ccc(F)cc3)C2)CC1. The van der Waals surface area contributed by atoms with Crippen LogP contribution in [-0.2, 0) is 6.42 Å². The molecule has 166 valence electrons. The first-order valence-electron chi connectivity index (χ1n) is 11.5. The number of piperidine rings is 1. The number of anilines is 1. The van der Waals surface area contributed by atoms with Gasteiger partial charge in [-0.3, -0.25) is 4.90 Å². The van der Waals surface area contributed by atoms with E-state index < -0.39 is 0 Å². The lowest BCUT2D eigenvalue weighted by atomic mass is 9.96. The van der Waals surface area contributed by atoms with E-state index in [-0.39, 0.29) is 11.8 Å². The van der Waals surface area contributed by atoms with E-state index in [1.807, 2.05) is 47.4 Å². The van der Waals surface area contributed by atoms with Gasteiger partial charge < -0.3 is 15.1 Å². The standard InChI is InChI=1S/C25H33FN4O/c26-23-10-8-21(9-11-23)12-14-28-13-4-5-22(19-28)20-29-15-17-30(18-16-29)25(31)27-24-6-2-1-3-7-24/h1-3,6-11,22H,4-5,12-20H2,(H,27,31)/t22-/m1/s1. The highest BCUT2D eigenvalue weighted by atomic mass is 19.1. The molecule has 1 N–H and O–H groups in total. The molecule has 0 bridgehead atoms.